The van der Waals surface area contributed by atoms with Gasteiger partial charge >= 0.3 is 0 Å². The summed E-state index contributed by atoms with van der Waals surface area (Å²) < 4.78 is 11.0. The van der Waals surface area contributed by atoms with Gasteiger partial charge in [0.15, 0.2) is 0 Å². The van der Waals surface area contributed by atoms with E-state index < -0.39 is 11.8 Å². The minimum Gasteiger partial charge on any atom is -0.495 e. The van der Waals surface area contributed by atoms with Crippen LogP contribution >= 0.6 is 11.8 Å². The molecule has 0 bridgehead atoms. The summed E-state index contributed by atoms with van der Waals surface area (Å²) in [5.41, 5.74) is 4.52. The molecule has 1 aliphatic heterocycles. The molecule has 4 rings (SSSR count). The van der Waals surface area contributed by atoms with Crippen LogP contribution in [0.4, 0.5) is 11.4 Å². The average molecular weight is 529 g/mol. The van der Waals surface area contributed by atoms with Gasteiger partial charge in [-0.25, -0.2) is 0 Å². The van der Waals surface area contributed by atoms with Gasteiger partial charge in [0.05, 0.1) is 53.0 Å². The number of anilines is 2. The lowest BCUT2D eigenvalue weighted by atomic mass is 9.85. The fraction of sp³-hybridized carbons (Fsp3) is 0.207. The quantitative estimate of drug-likeness (QED) is 0.348. The molecule has 1 aliphatic rings. The highest BCUT2D eigenvalue weighted by Crippen LogP contribution is 2.41. The van der Waals surface area contributed by atoms with E-state index in [9.17, 15) is 14.9 Å². The normalized spacial score (nSPS) is 15.0. The van der Waals surface area contributed by atoms with Crippen molar-refractivity contribution in [1.82, 2.24) is 5.32 Å². The maximum atomic E-state index is 13.5. The van der Waals surface area contributed by atoms with E-state index in [1.807, 2.05) is 38.1 Å². The molecule has 1 aromatic heterocycles. The Morgan fingerprint density at radius 2 is 1.82 bits per heavy atom. The number of amides is 2. The third kappa shape index (κ3) is 5.61. The molecule has 0 fully saturated rings. The SMILES string of the molecule is COc1ccccc1NC(=O)C1=C(C)NC(SCC(=O)Nc2cccc(C)c2C)=C(C#N)[C@H]1c1ccco1. The Morgan fingerprint density at radius 1 is 1.05 bits per heavy atom. The molecule has 2 heterocycles. The largest absolute Gasteiger partial charge is 0.495 e. The van der Waals surface area contributed by atoms with Crippen molar-refractivity contribution in [2.45, 2.75) is 26.7 Å². The summed E-state index contributed by atoms with van der Waals surface area (Å²) in [4.78, 5) is 26.3. The van der Waals surface area contributed by atoms with Crippen molar-refractivity contribution in [1.29, 1.82) is 5.26 Å². The Kier molecular flexibility index (Phi) is 8.24. The smallest absolute Gasteiger partial charge is 0.254 e. The standard InChI is InChI=1S/C29H28N4O4S/c1-17-9-7-11-21(18(17)2)32-25(34)16-38-29-20(15-30)27(24-13-8-14-37-24)26(19(3)31-29)28(35)33-22-10-5-6-12-23(22)36-4/h5-14,27,31H,16H2,1-4H3,(H,32,34)(H,33,35)/t27-/m0/s1. The number of hydrogen-bond acceptors (Lipinski definition) is 7. The van der Waals surface area contributed by atoms with E-state index in [1.54, 1.807) is 37.3 Å². The second-order valence-electron chi connectivity index (χ2n) is 8.71. The first-order chi connectivity index (χ1) is 18.3. The molecule has 0 spiro atoms. The van der Waals surface area contributed by atoms with Crippen molar-refractivity contribution in [3.63, 3.8) is 0 Å². The van der Waals surface area contributed by atoms with Gasteiger partial charge in [-0.1, -0.05) is 36.0 Å². The van der Waals surface area contributed by atoms with Crippen LogP contribution in [-0.4, -0.2) is 24.7 Å². The summed E-state index contributed by atoms with van der Waals surface area (Å²) in [5, 5.41) is 19.7. The topological polar surface area (TPSA) is 116 Å². The zero-order valence-electron chi connectivity index (χ0n) is 21.5. The first-order valence-corrected chi connectivity index (χ1v) is 12.9. The summed E-state index contributed by atoms with van der Waals surface area (Å²) in [7, 11) is 1.53. The second-order valence-corrected chi connectivity index (χ2v) is 9.69. The van der Waals surface area contributed by atoms with Crippen LogP contribution in [0.15, 0.2) is 87.1 Å². The van der Waals surface area contributed by atoms with E-state index in [-0.39, 0.29) is 11.7 Å². The Labute approximate surface area is 225 Å². The third-order valence-electron chi connectivity index (χ3n) is 6.30. The van der Waals surface area contributed by atoms with Crippen molar-refractivity contribution in [2.24, 2.45) is 0 Å². The lowest BCUT2D eigenvalue weighted by molar-refractivity contribution is -0.114. The number of methoxy groups -OCH3 is 1. The van der Waals surface area contributed by atoms with Crippen LogP contribution in [0, 0.1) is 25.2 Å². The lowest BCUT2D eigenvalue weighted by Crippen LogP contribution is -2.31. The van der Waals surface area contributed by atoms with E-state index in [4.69, 9.17) is 9.15 Å². The van der Waals surface area contributed by atoms with Gasteiger partial charge in [-0.2, -0.15) is 5.26 Å². The van der Waals surface area contributed by atoms with Gasteiger partial charge in [0.2, 0.25) is 5.91 Å². The van der Waals surface area contributed by atoms with E-state index in [0.717, 1.165) is 16.8 Å². The number of aryl methyl sites for hydroxylation is 1. The third-order valence-corrected chi connectivity index (χ3v) is 7.32. The van der Waals surface area contributed by atoms with Gasteiger partial charge in [-0.15, -0.1) is 0 Å². The molecule has 38 heavy (non-hydrogen) atoms. The highest BCUT2D eigenvalue weighted by molar-refractivity contribution is 8.03. The van der Waals surface area contributed by atoms with Gasteiger partial charge in [-0.05, 0) is 62.2 Å². The Bertz CT molecular complexity index is 1470. The maximum absolute atomic E-state index is 13.5. The number of rotatable bonds is 8. The van der Waals surface area contributed by atoms with E-state index in [0.29, 0.717) is 39.1 Å². The Hall–Kier alpha value is -4.42. The minimum absolute atomic E-state index is 0.0712. The van der Waals surface area contributed by atoms with Gasteiger partial charge in [0.25, 0.3) is 5.91 Å². The summed E-state index contributed by atoms with van der Waals surface area (Å²) in [5.74, 6) is -0.320. The van der Waals surface area contributed by atoms with Crippen molar-refractivity contribution >= 4 is 35.0 Å². The summed E-state index contributed by atoms with van der Waals surface area (Å²) >= 11 is 1.20. The molecule has 0 radical (unpaired) electrons. The van der Waals surface area contributed by atoms with Crippen molar-refractivity contribution in [3.8, 4) is 11.8 Å². The molecule has 0 saturated carbocycles. The van der Waals surface area contributed by atoms with E-state index in [1.165, 1.54) is 25.1 Å². The van der Waals surface area contributed by atoms with Gasteiger partial charge in [0.1, 0.15) is 11.5 Å². The van der Waals surface area contributed by atoms with Crippen LogP contribution in [0.25, 0.3) is 0 Å². The highest BCUT2D eigenvalue weighted by atomic mass is 32.2. The number of allylic oxidation sites excluding steroid dienone is 2. The van der Waals surface area contributed by atoms with E-state index in [2.05, 4.69) is 22.0 Å². The number of benzene rings is 2. The number of carbonyl (C=O) groups excluding carboxylic acids is 2. The molecule has 3 N–H and O–H groups in total. The zero-order valence-corrected chi connectivity index (χ0v) is 22.4. The number of nitrogens with one attached hydrogen (secondary N) is 3. The predicted octanol–water partition coefficient (Wildman–Crippen LogP) is 5.61. The minimum atomic E-state index is -0.754. The lowest BCUT2D eigenvalue weighted by Gasteiger charge is -2.28. The predicted molar refractivity (Wildman–Crippen MR) is 149 cm³/mol. The molecular formula is C29H28N4O4S. The fourth-order valence-corrected chi connectivity index (χ4v) is 5.11. The highest BCUT2D eigenvalue weighted by Gasteiger charge is 2.36. The van der Waals surface area contributed by atoms with Crippen LogP contribution in [0.3, 0.4) is 0 Å². The summed E-state index contributed by atoms with van der Waals surface area (Å²) in [6.07, 6.45) is 1.50. The molecule has 194 valence electrons. The average Bonchev–Trinajstić information content (AvgIpc) is 3.44. The number of furan rings is 1. The number of para-hydroxylation sites is 2. The number of ether oxygens (including phenoxy) is 1. The first kappa shape index (κ1) is 26.6. The van der Waals surface area contributed by atoms with Crippen molar-refractivity contribution < 1.29 is 18.7 Å². The second kappa shape index (κ2) is 11.8. The van der Waals surface area contributed by atoms with Gasteiger partial charge in [-0.3, -0.25) is 9.59 Å². The van der Waals surface area contributed by atoms with Crippen LogP contribution in [0.2, 0.25) is 0 Å². The van der Waals surface area contributed by atoms with Crippen LogP contribution < -0.4 is 20.7 Å². The molecular weight excluding hydrogens is 500 g/mol. The number of nitriles is 1. The van der Waals surface area contributed by atoms with Crippen molar-refractivity contribution in [3.05, 3.63) is 99.6 Å². The molecule has 1 atom stereocenters. The molecule has 0 unspecified atom stereocenters. The van der Waals surface area contributed by atoms with Crippen LogP contribution in [0.1, 0.15) is 29.7 Å². The van der Waals surface area contributed by atoms with Crippen LogP contribution in [0.5, 0.6) is 5.75 Å². The number of hydrogen-bond donors (Lipinski definition) is 3. The molecule has 8 nitrogen and oxygen atoms in total. The molecule has 0 saturated heterocycles. The Balaban J connectivity index is 1.60. The molecule has 2 aromatic carbocycles. The molecule has 0 aliphatic carbocycles. The fourth-order valence-electron chi connectivity index (χ4n) is 4.22. The monoisotopic (exact) mass is 528 g/mol. The Morgan fingerprint density at radius 3 is 2.53 bits per heavy atom. The van der Waals surface area contributed by atoms with Gasteiger partial charge in [0, 0.05) is 11.4 Å². The molecule has 3 aromatic rings. The molecule has 2 amide bonds. The maximum Gasteiger partial charge on any atom is 0.254 e. The van der Waals surface area contributed by atoms with Crippen molar-refractivity contribution in [2.75, 3.05) is 23.5 Å². The summed E-state index contributed by atoms with van der Waals surface area (Å²) in [6, 6.07) is 18.5. The summed E-state index contributed by atoms with van der Waals surface area (Å²) in [6.45, 7) is 5.70. The number of carbonyl (C=O) groups is 2. The first-order valence-electron chi connectivity index (χ1n) is 11.9. The van der Waals surface area contributed by atoms with E-state index >= 15 is 0 Å². The van der Waals surface area contributed by atoms with Crippen LogP contribution in [-0.2, 0) is 9.59 Å². The number of dihydropyridines is 1. The number of thioether (sulfide) groups is 1. The number of nitrogens with zero attached hydrogens (tertiary/aromatic N) is 1. The molecule has 9 heteroatoms. The van der Waals surface area contributed by atoms with Gasteiger partial charge < -0.3 is 25.1 Å². The zero-order chi connectivity index (χ0) is 27.2.